The number of carbonyl (C=O) groups is 1. The van der Waals surface area contributed by atoms with Gasteiger partial charge in [0.25, 0.3) is 5.91 Å². The Morgan fingerprint density at radius 1 is 0.903 bits per heavy atom. The van der Waals surface area contributed by atoms with Gasteiger partial charge in [-0.1, -0.05) is 78.9 Å². The molecule has 3 aromatic rings. The predicted molar refractivity (Wildman–Crippen MR) is 122 cm³/mol. The predicted octanol–water partition coefficient (Wildman–Crippen LogP) is 4.20. The van der Waals surface area contributed by atoms with E-state index in [0.717, 1.165) is 49.2 Å². The molecule has 0 aromatic heterocycles. The van der Waals surface area contributed by atoms with Crippen LogP contribution >= 0.6 is 0 Å². The lowest BCUT2D eigenvalue weighted by Gasteiger charge is -2.50. The highest BCUT2D eigenvalue weighted by Gasteiger charge is 2.47. The summed E-state index contributed by atoms with van der Waals surface area (Å²) in [5.41, 5.74) is 4.00. The molecule has 1 fully saturated rings. The average Bonchev–Trinajstić information content (AvgIpc) is 2.81. The van der Waals surface area contributed by atoms with Crippen LogP contribution in [0.5, 0.6) is 0 Å². The number of ether oxygens (including phenoxy) is 1. The smallest absolute Gasteiger partial charge is 0.252 e. The maximum absolute atomic E-state index is 13.0. The topological polar surface area (TPSA) is 41.6 Å². The summed E-state index contributed by atoms with van der Waals surface area (Å²) in [4.78, 5) is 15.4. The highest BCUT2D eigenvalue weighted by Crippen LogP contribution is 2.34. The molecule has 3 aromatic carbocycles. The normalized spacial score (nSPS) is 23.4. The Morgan fingerprint density at radius 3 is 2.35 bits per heavy atom. The van der Waals surface area contributed by atoms with Gasteiger partial charge >= 0.3 is 0 Å². The van der Waals surface area contributed by atoms with E-state index in [-0.39, 0.29) is 17.6 Å². The van der Waals surface area contributed by atoms with Gasteiger partial charge in [-0.2, -0.15) is 0 Å². The molecule has 0 radical (unpaired) electrons. The first-order valence-electron chi connectivity index (χ1n) is 11.0. The number of fused-ring (bicyclic) bond motifs is 1. The molecule has 1 amide bonds. The van der Waals surface area contributed by atoms with E-state index < -0.39 is 0 Å². The maximum Gasteiger partial charge on any atom is 0.252 e. The van der Waals surface area contributed by atoms with Crippen molar-refractivity contribution in [1.29, 1.82) is 0 Å². The van der Waals surface area contributed by atoms with Crippen molar-refractivity contribution in [2.24, 2.45) is 0 Å². The number of nitrogens with zero attached hydrogens (tertiary/aromatic N) is 1. The molecule has 1 saturated heterocycles. The number of piperidine rings is 1. The van der Waals surface area contributed by atoms with Crippen molar-refractivity contribution >= 4 is 5.91 Å². The first-order chi connectivity index (χ1) is 15.2. The van der Waals surface area contributed by atoms with E-state index in [0.29, 0.717) is 6.61 Å². The SMILES string of the molecule is O=C1N[C@]2(CCN(Cc3ccccc3)C[C@@H]2OCc2ccccc2)Cc2ccccc21. The summed E-state index contributed by atoms with van der Waals surface area (Å²) >= 11 is 0. The van der Waals surface area contributed by atoms with E-state index in [9.17, 15) is 4.79 Å². The van der Waals surface area contributed by atoms with Gasteiger partial charge in [0.1, 0.15) is 0 Å². The number of hydrogen-bond donors (Lipinski definition) is 1. The molecule has 0 bridgehead atoms. The fraction of sp³-hybridized carbons (Fsp3) is 0.296. The minimum absolute atomic E-state index is 0.0201. The van der Waals surface area contributed by atoms with Crippen molar-refractivity contribution in [1.82, 2.24) is 10.2 Å². The minimum Gasteiger partial charge on any atom is -0.370 e. The van der Waals surface area contributed by atoms with Crippen molar-refractivity contribution < 1.29 is 9.53 Å². The van der Waals surface area contributed by atoms with Gasteiger partial charge < -0.3 is 10.1 Å². The van der Waals surface area contributed by atoms with E-state index in [4.69, 9.17) is 4.74 Å². The van der Waals surface area contributed by atoms with Crippen molar-refractivity contribution in [2.45, 2.75) is 37.6 Å². The summed E-state index contributed by atoms with van der Waals surface area (Å²) in [5, 5.41) is 3.37. The summed E-state index contributed by atoms with van der Waals surface area (Å²) in [6.07, 6.45) is 1.61. The number of nitrogens with one attached hydrogen (secondary N) is 1. The molecule has 2 aliphatic heterocycles. The van der Waals surface area contributed by atoms with Gasteiger partial charge in [0, 0.05) is 25.2 Å². The number of likely N-dealkylation sites (tertiary alicyclic amines) is 1. The number of carbonyl (C=O) groups excluding carboxylic acids is 1. The van der Waals surface area contributed by atoms with Crippen LogP contribution in [0.1, 0.15) is 33.5 Å². The molecule has 4 heteroatoms. The van der Waals surface area contributed by atoms with Crippen LogP contribution in [-0.4, -0.2) is 35.5 Å². The molecule has 31 heavy (non-hydrogen) atoms. The average molecular weight is 413 g/mol. The summed E-state index contributed by atoms with van der Waals surface area (Å²) in [6, 6.07) is 28.8. The molecule has 2 atom stereocenters. The minimum atomic E-state index is -0.368. The monoisotopic (exact) mass is 412 g/mol. The highest BCUT2D eigenvalue weighted by atomic mass is 16.5. The van der Waals surface area contributed by atoms with Gasteiger partial charge in [-0.3, -0.25) is 9.69 Å². The highest BCUT2D eigenvalue weighted by molar-refractivity contribution is 5.97. The Morgan fingerprint density at radius 2 is 1.58 bits per heavy atom. The maximum atomic E-state index is 13.0. The van der Waals surface area contributed by atoms with E-state index in [1.807, 2.05) is 36.4 Å². The van der Waals surface area contributed by atoms with Crippen LogP contribution in [-0.2, 0) is 24.3 Å². The quantitative estimate of drug-likeness (QED) is 0.683. The number of amides is 1. The van der Waals surface area contributed by atoms with Crippen LogP contribution in [0.4, 0.5) is 0 Å². The molecule has 0 unspecified atom stereocenters. The van der Waals surface area contributed by atoms with Gasteiger partial charge in [0.2, 0.25) is 0 Å². The van der Waals surface area contributed by atoms with E-state index in [1.165, 1.54) is 5.56 Å². The lowest BCUT2D eigenvalue weighted by atomic mass is 9.75. The van der Waals surface area contributed by atoms with Crippen LogP contribution in [0.2, 0.25) is 0 Å². The van der Waals surface area contributed by atoms with E-state index >= 15 is 0 Å². The summed E-state index contributed by atoms with van der Waals surface area (Å²) in [7, 11) is 0. The molecule has 158 valence electrons. The lowest BCUT2D eigenvalue weighted by molar-refractivity contribution is -0.0723. The Bertz CT molecular complexity index is 1040. The molecule has 1 N–H and O–H groups in total. The molecule has 2 aliphatic rings. The molecule has 0 aliphatic carbocycles. The number of benzene rings is 3. The van der Waals surface area contributed by atoms with Crippen molar-refractivity contribution in [3.8, 4) is 0 Å². The molecular weight excluding hydrogens is 384 g/mol. The zero-order valence-electron chi connectivity index (χ0n) is 17.7. The zero-order chi connectivity index (χ0) is 21.1. The second-order valence-electron chi connectivity index (χ2n) is 8.70. The first-order valence-corrected chi connectivity index (χ1v) is 11.0. The molecule has 2 heterocycles. The second-order valence-corrected chi connectivity index (χ2v) is 8.70. The van der Waals surface area contributed by atoms with Crippen LogP contribution in [0.25, 0.3) is 0 Å². The van der Waals surface area contributed by atoms with Crippen molar-refractivity contribution in [2.75, 3.05) is 13.1 Å². The van der Waals surface area contributed by atoms with Crippen molar-refractivity contribution in [3.05, 3.63) is 107 Å². The van der Waals surface area contributed by atoms with Gasteiger partial charge in [0.15, 0.2) is 0 Å². The lowest BCUT2D eigenvalue weighted by Crippen LogP contribution is -2.67. The summed E-state index contributed by atoms with van der Waals surface area (Å²) in [5.74, 6) is 0.0201. The van der Waals surface area contributed by atoms with E-state index in [2.05, 4.69) is 58.7 Å². The Balaban J connectivity index is 1.39. The van der Waals surface area contributed by atoms with E-state index in [1.54, 1.807) is 0 Å². The van der Waals surface area contributed by atoms with Gasteiger partial charge in [-0.05, 0) is 35.6 Å². The third-order valence-electron chi connectivity index (χ3n) is 6.59. The van der Waals surface area contributed by atoms with Crippen LogP contribution < -0.4 is 5.32 Å². The van der Waals surface area contributed by atoms with Gasteiger partial charge in [-0.15, -0.1) is 0 Å². The third-order valence-corrected chi connectivity index (χ3v) is 6.59. The zero-order valence-corrected chi connectivity index (χ0v) is 17.7. The third kappa shape index (κ3) is 4.27. The number of hydrogen-bond acceptors (Lipinski definition) is 3. The number of rotatable bonds is 5. The van der Waals surface area contributed by atoms with Crippen molar-refractivity contribution in [3.63, 3.8) is 0 Å². The van der Waals surface area contributed by atoms with Crippen LogP contribution in [0.3, 0.4) is 0 Å². The van der Waals surface area contributed by atoms with Gasteiger partial charge in [0.05, 0.1) is 18.2 Å². The molecule has 5 rings (SSSR count). The summed E-state index contributed by atoms with van der Waals surface area (Å²) < 4.78 is 6.54. The molecular formula is C27H28N2O2. The molecule has 0 saturated carbocycles. The Labute approximate surface area is 183 Å². The molecule has 1 spiro atoms. The Kier molecular flexibility index (Phi) is 5.58. The fourth-order valence-electron chi connectivity index (χ4n) is 4.91. The largest absolute Gasteiger partial charge is 0.370 e. The molecule has 4 nitrogen and oxygen atoms in total. The standard InChI is InChI=1S/C27H28N2O2/c30-26-24-14-8-7-13-23(24)17-27(28-26)15-16-29(18-21-9-3-1-4-10-21)19-25(27)31-20-22-11-5-2-6-12-22/h1-14,25H,15-20H2,(H,28,30)/t25-,27+/m0/s1. The Hall–Kier alpha value is -2.95. The fourth-order valence-corrected chi connectivity index (χ4v) is 4.91. The van der Waals surface area contributed by atoms with Gasteiger partial charge in [-0.25, -0.2) is 0 Å². The first kappa shape index (κ1) is 20.0. The summed E-state index contributed by atoms with van der Waals surface area (Å²) in [6.45, 7) is 3.17. The van der Waals surface area contributed by atoms with Crippen LogP contribution in [0.15, 0.2) is 84.9 Å². The second kappa shape index (κ2) is 8.66. The van der Waals surface area contributed by atoms with Crippen LogP contribution in [0, 0.1) is 0 Å².